The minimum absolute atomic E-state index is 0. The summed E-state index contributed by atoms with van der Waals surface area (Å²) in [6, 6.07) is 5.32. The van der Waals surface area contributed by atoms with Crippen LogP contribution in [0.25, 0.3) is 0 Å². The Bertz CT molecular complexity index is 267. The van der Waals surface area contributed by atoms with Crippen molar-refractivity contribution in [1.29, 1.82) is 0 Å². The highest BCUT2D eigenvalue weighted by Gasteiger charge is 2.09. The van der Waals surface area contributed by atoms with Crippen LogP contribution in [0.15, 0.2) is 24.4 Å². The quantitative estimate of drug-likeness (QED) is 0.788. The van der Waals surface area contributed by atoms with Gasteiger partial charge in [-0.15, -0.1) is 24.8 Å². The number of rotatable bonds is 2. The van der Waals surface area contributed by atoms with E-state index >= 15 is 0 Å². The Balaban J connectivity index is 0. The molecule has 0 N–H and O–H groups in total. The number of hydrogen-bond acceptors (Lipinski definition) is 2. The Morgan fingerprint density at radius 3 is 2.50 bits per heavy atom. The zero-order valence-electron chi connectivity index (χ0n) is 8.14. The fraction of sp³-hybridized carbons (Fsp3) is 0.333. The number of nitrogens with zero attached hydrogens (tertiary/aromatic N) is 2. The molecule has 0 bridgehead atoms. The van der Waals surface area contributed by atoms with E-state index in [0.29, 0.717) is 12.2 Å². The van der Waals surface area contributed by atoms with E-state index in [1.807, 2.05) is 13.0 Å². The second kappa shape index (κ2) is 7.59. The van der Waals surface area contributed by atoms with Gasteiger partial charge in [-0.05, 0) is 19.1 Å². The lowest BCUT2D eigenvalue weighted by atomic mass is 10.3. The van der Waals surface area contributed by atoms with Crippen molar-refractivity contribution in [2.75, 3.05) is 13.6 Å². The first-order chi connectivity index (χ1) is 5.75. The number of hydrogen-bond donors (Lipinski definition) is 0. The molecule has 1 aromatic rings. The molecule has 0 spiro atoms. The van der Waals surface area contributed by atoms with Crippen LogP contribution >= 0.6 is 24.8 Å². The van der Waals surface area contributed by atoms with Crippen LogP contribution in [0, 0.1) is 0 Å². The van der Waals surface area contributed by atoms with Gasteiger partial charge in [0.1, 0.15) is 5.69 Å². The van der Waals surface area contributed by atoms with Crippen molar-refractivity contribution in [3.8, 4) is 0 Å². The molecular weight excluding hydrogens is 223 g/mol. The van der Waals surface area contributed by atoms with Gasteiger partial charge in [-0.1, -0.05) is 6.07 Å². The molecule has 5 heteroatoms. The van der Waals surface area contributed by atoms with Crippen LogP contribution in [-0.4, -0.2) is 29.4 Å². The molecule has 3 nitrogen and oxygen atoms in total. The molecule has 0 aliphatic heterocycles. The van der Waals surface area contributed by atoms with Crippen molar-refractivity contribution in [2.24, 2.45) is 0 Å². The lowest BCUT2D eigenvalue weighted by Gasteiger charge is -2.12. The lowest BCUT2D eigenvalue weighted by molar-refractivity contribution is 0.0796. The first-order valence-corrected chi connectivity index (χ1v) is 3.92. The smallest absolute Gasteiger partial charge is 0.272 e. The molecule has 1 amide bonds. The summed E-state index contributed by atoms with van der Waals surface area (Å²) >= 11 is 0. The zero-order valence-corrected chi connectivity index (χ0v) is 9.77. The summed E-state index contributed by atoms with van der Waals surface area (Å²) in [4.78, 5) is 17.0. The third-order valence-corrected chi connectivity index (χ3v) is 1.71. The second-order valence-corrected chi connectivity index (χ2v) is 2.53. The average Bonchev–Trinajstić information content (AvgIpc) is 2.17. The second-order valence-electron chi connectivity index (χ2n) is 2.53. The van der Waals surface area contributed by atoms with E-state index in [4.69, 9.17) is 0 Å². The number of pyridine rings is 1. The van der Waals surface area contributed by atoms with Crippen molar-refractivity contribution in [3.05, 3.63) is 30.1 Å². The number of carbonyl (C=O) groups excluding carboxylic acids is 1. The molecule has 80 valence electrons. The van der Waals surface area contributed by atoms with Crippen molar-refractivity contribution in [2.45, 2.75) is 6.92 Å². The topological polar surface area (TPSA) is 33.2 Å². The first-order valence-electron chi connectivity index (χ1n) is 3.92. The van der Waals surface area contributed by atoms with E-state index in [1.165, 1.54) is 0 Å². The lowest BCUT2D eigenvalue weighted by Crippen LogP contribution is -2.26. The predicted molar refractivity (Wildman–Crippen MR) is 61.4 cm³/mol. The van der Waals surface area contributed by atoms with Gasteiger partial charge < -0.3 is 4.90 Å². The van der Waals surface area contributed by atoms with Gasteiger partial charge in [-0.3, -0.25) is 9.78 Å². The molecule has 1 rings (SSSR count). The summed E-state index contributed by atoms with van der Waals surface area (Å²) in [7, 11) is 1.76. The largest absolute Gasteiger partial charge is 0.341 e. The molecule has 0 fully saturated rings. The van der Waals surface area contributed by atoms with Gasteiger partial charge >= 0.3 is 0 Å². The average molecular weight is 237 g/mol. The molecule has 14 heavy (non-hydrogen) atoms. The van der Waals surface area contributed by atoms with E-state index in [-0.39, 0.29) is 30.7 Å². The highest BCUT2D eigenvalue weighted by Crippen LogP contribution is 1.97. The van der Waals surface area contributed by atoms with Crippen LogP contribution in [-0.2, 0) is 0 Å². The van der Waals surface area contributed by atoms with Crippen LogP contribution in [0.5, 0.6) is 0 Å². The summed E-state index contributed by atoms with van der Waals surface area (Å²) in [5.74, 6) is -0.0295. The van der Waals surface area contributed by atoms with E-state index < -0.39 is 0 Å². The Morgan fingerprint density at radius 1 is 1.43 bits per heavy atom. The fourth-order valence-electron chi connectivity index (χ4n) is 0.828. The Kier molecular flexibility index (Phi) is 8.49. The molecule has 0 saturated heterocycles. The fourth-order valence-corrected chi connectivity index (χ4v) is 0.828. The van der Waals surface area contributed by atoms with Gasteiger partial charge in [0.2, 0.25) is 0 Å². The predicted octanol–water partition coefficient (Wildman–Crippen LogP) is 2.02. The van der Waals surface area contributed by atoms with Crippen LogP contribution < -0.4 is 0 Å². The van der Waals surface area contributed by atoms with Crippen molar-refractivity contribution in [3.63, 3.8) is 0 Å². The molecule has 0 saturated carbocycles. The normalized spacial score (nSPS) is 8.14. The zero-order chi connectivity index (χ0) is 8.97. The molecule has 0 unspecified atom stereocenters. The monoisotopic (exact) mass is 236 g/mol. The highest BCUT2D eigenvalue weighted by atomic mass is 35.5. The maximum Gasteiger partial charge on any atom is 0.272 e. The molecule has 0 aliphatic rings. The van der Waals surface area contributed by atoms with Crippen LogP contribution in [0.2, 0.25) is 0 Å². The van der Waals surface area contributed by atoms with E-state index in [2.05, 4.69) is 4.98 Å². The van der Waals surface area contributed by atoms with Crippen molar-refractivity contribution < 1.29 is 4.79 Å². The Hall–Kier alpha value is -0.800. The molecule has 0 aliphatic carbocycles. The van der Waals surface area contributed by atoms with Gasteiger partial charge in [0.15, 0.2) is 0 Å². The molecule has 0 aromatic carbocycles. The third-order valence-electron chi connectivity index (χ3n) is 1.71. The van der Waals surface area contributed by atoms with Crippen LogP contribution in [0.1, 0.15) is 17.4 Å². The first kappa shape index (κ1) is 15.7. The van der Waals surface area contributed by atoms with Crippen molar-refractivity contribution >= 4 is 30.7 Å². The van der Waals surface area contributed by atoms with E-state index in [1.54, 1.807) is 30.3 Å². The molecular formula is C9H14Cl2N2O. The minimum atomic E-state index is -0.0295. The van der Waals surface area contributed by atoms with Crippen LogP contribution in [0.4, 0.5) is 0 Å². The van der Waals surface area contributed by atoms with Crippen LogP contribution in [0.3, 0.4) is 0 Å². The van der Waals surface area contributed by atoms with E-state index in [0.717, 1.165) is 0 Å². The molecule has 1 aromatic heterocycles. The summed E-state index contributed by atoms with van der Waals surface area (Å²) in [5.41, 5.74) is 0.502. The highest BCUT2D eigenvalue weighted by molar-refractivity contribution is 5.91. The van der Waals surface area contributed by atoms with Crippen molar-refractivity contribution in [1.82, 2.24) is 9.88 Å². The SMILES string of the molecule is CCN(C)C(=O)c1ccccn1.Cl.Cl. The van der Waals surface area contributed by atoms with Gasteiger partial charge in [0.05, 0.1) is 0 Å². The minimum Gasteiger partial charge on any atom is -0.341 e. The molecule has 1 heterocycles. The third kappa shape index (κ3) is 3.94. The summed E-state index contributed by atoms with van der Waals surface area (Å²) < 4.78 is 0. The molecule has 0 radical (unpaired) electrons. The Labute approximate surface area is 96.3 Å². The van der Waals surface area contributed by atoms with Gasteiger partial charge in [0, 0.05) is 19.8 Å². The number of amides is 1. The number of carbonyl (C=O) groups is 1. The van der Waals surface area contributed by atoms with Gasteiger partial charge in [-0.2, -0.15) is 0 Å². The Morgan fingerprint density at radius 2 is 2.07 bits per heavy atom. The maximum absolute atomic E-state index is 11.4. The van der Waals surface area contributed by atoms with Gasteiger partial charge in [-0.25, -0.2) is 0 Å². The van der Waals surface area contributed by atoms with Gasteiger partial charge in [0.25, 0.3) is 5.91 Å². The summed E-state index contributed by atoms with van der Waals surface area (Å²) in [6.45, 7) is 2.64. The van der Waals surface area contributed by atoms with E-state index in [9.17, 15) is 4.79 Å². The summed E-state index contributed by atoms with van der Waals surface area (Å²) in [5, 5.41) is 0. The molecule has 0 atom stereocenters. The summed E-state index contributed by atoms with van der Waals surface area (Å²) in [6.07, 6.45) is 1.62. The maximum atomic E-state index is 11.4. The number of halogens is 2. The standard InChI is InChI=1S/C9H12N2O.2ClH/c1-3-11(2)9(12)8-6-4-5-7-10-8;;/h4-7H,3H2,1-2H3;2*1H. The number of aromatic nitrogens is 1.